The van der Waals surface area contributed by atoms with Crippen molar-refractivity contribution < 1.29 is 14.6 Å². The second-order valence-corrected chi connectivity index (χ2v) is 5.42. The summed E-state index contributed by atoms with van der Waals surface area (Å²) in [5, 5.41) is 25.1. The summed E-state index contributed by atoms with van der Waals surface area (Å²) < 4.78 is 0. The number of benzene rings is 2. The quantitative estimate of drug-likeness (QED) is 0.382. The molecule has 2 N–H and O–H groups in total. The van der Waals surface area contributed by atoms with Crippen LogP contribution in [0.1, 0.15) is 16.2 Å². The number of nitro benzene ring substituents is 2. The number of nitrogens with one attached hydrogen (secondary N) is 2. The Morgan fingerprint density at radius 3 is 2.54 bits per heavy atom. The van der Waals surface area contributed by atoms with Crippen LogP contribution in [0.5, 0.6) is 0 Å². The molecule has 0 saturated heterocycles. The maximum Gasteiger partial charge on any atom is 0.307 e. The molecule has 0 unspecified atom stereocenters. The van der Waals surface area contributed by atoms with Gasteiger partial charge in [-0.2, -0.15) is 5.10 Å². The predicted octanol–water partition coefficient (Wildman–Crippen LogP) is 1.50. The molecule has 0 aliphatic carbocycles. The number of fused-ring (bicyclic) bond motifs is 1. The Labute approximate surface area is 154 Å². The van der Waals surface area contributed by atoms with E-state index in [1.807, 2.05) is 0 Å². The zero-order chi connectivity index (χ0) is 20.3. The normalized spacial score (nSPS) is 10.9. The van der Waals surface area contributed by atoms with Crippen molar-refractivity contribution in [3.05, 3.63) is 84.4 Å². The lowest BCUT2D eigenvalue weighted by atomic mass is 10.2. The van der Waals surface area contributed by atoms with Gasteiger partial charge in [0.2, 0.25) is 5.82 Å². The number of hydrogen-bond acceptors (Lipinski definition) is 8. The van der Waals surface area contributed by atoms with Crippen molar-refractivity contribution in [1.29, 1.82) is 0 Å². The van der Waals surface area contributed by atoms with Gasteiger partial charge in [0.25, 0.3) is 16.9 Å². The predicted molar refractivity (Wildman–Crippen MR) is 97.2 cm³/mol. The molecule has 0 aliphatic heterocycles. The third kappa shape index (κ3) is 3.85. The van der Waals surface area contributed by atoms with Crippen LogP contribution in [0.15, 0.2) is 52.4 Å². The second-order valence-electron chi connectivity index (χ2n) is 5.42. The number of nitro groups is 2. The fraction of sp³-hybridized carbons (Fsp3) is 0. The third-order valence-electron chi connectivity index (χ3n) is 3.58. The van der Waals surface area contributed by atoms with Gasteiger partial charge in [-0.3, -0.25) is 29.8 Å². The number of hydrogen-bond donors (Lipinski definition) is 2. The average Bonchev–Trinajstić information content (AvgIpc) is 2.67. The summed E-state index contributed by atoms with van der Waals surface area (Å²) in [7, 11) is 0. The molecular weight excluding hydrogens is 372 g/mol. The minimum Gasteiger partial charge on any atom is -0.302 e. The first kappa shape index (κ1) is 18.3. The molecule has 12 heteroatoms. The van der Waals surface area contributed by atoms with E-state index in [4.69, 9.17) is 0 Å². The largest absolute Gasteiger partial charge is 0.307 e. The number of aromatic nitrogens is 2. The zero-order valence-corrected chi connectivity index (χ0v) is 13.9. The molecule has 12 nitrogen and oxygen atoms in total. The Bertz CT molecular complexity index is 1200. The van der Waals surface area contributed by atoms with Crippen LogP contribution in [0, 0.1) is 20.2 Å². The van der Waals surface area contributed by atoms with Gasteiger partial charge in [-0.15, -0.1) is 0 Å². The van der Waals surface area contributed by atoms with Crippen LogP contribution in [0.2, 0.25) is 0 Å². The van der Waals surface area contributed by atoms with Gasteiger partial charge < -0.3 is 4.98 Å². The van der Waals surface area contributed by atoms with Crippen LogP contribution in [0.4, 0.5) is 11.4 Å². The topological polar surface area (TPSA) is 173 Å². The number of amides is 1. The molecule has 1 aromatic heterocycles. The van der Waals surface area contributed by atoms with Gasteiger partial charge >= 0.3 is 5.91 Å². The molecule has 0 saturated carbocycles. The van der Waals surface area contributed by atoms with Crippen molar-refractivity contribution >= 4 is 34.4 Å². The lowest BCUT2D eigenvalue weighted by Crippen LogP contribution is -2.24. The molecule has 140 valence electrons. The highest BCUT2D eigenvalue weighted by atomic mass is 16.6. The average molecular weight is 382 g/mol. The van der Waals surface area contributed by atoms with Gasteiger partial charge in [0.1, 0.15) is 0 Å². The summed E-state index contributed by atoms with van der Waals surface area (Å²) in [6.45, 7) is 0. The number of hydrazone groups is 1. The highest BCUT2D eigenvalue weighted by Crippen LogP contribution is 2.16. The number of carbonyl (C=O) groups excluding carboxylic acids is 1. The molecule has 3 rings (SSSR count). The van der Waals surface area contributed by atoms with E-state index in [1.165, 1.54) is 30.5 Å². The van der Waals surface area contributed by atoms with E-state index in [2.05, 4.69) is 20.5 Å². The monoisotopic (exact) mass is 382 g/mol. The van der Waals surface area contributed by atoms with Crippen molar-refractivity contribution in [1.82, 2.24) is 15.4 Å². The molecule has 0 fully saturated rings. The summed E-state index contributed by atoms with van der Waals surface area (Å²) in [4.78, 5) is 50.6. The Morgan fingerprint density at radius 1 is 1.11 bits per heavy atom. The van der Waals surface area contributed by atoms with Crippen molar-refractivity contribution in [3.63, 3.8) is 0 Å². The lowest BCUT2D eigenvalue weighted by molar-refractivity contribution is -0.385. The highest BCUT2D eigenvalue weighted by molar-refractivity contribution is 5.93. The minimum atomic E-state index is -0.834. The van der Waals surface area contributed by atoms with Crippen LogP contribution in [-0.4, -0.2) is 31.9 Å². The second kappa shape index (κ2) is 7.41. The molecule has 2 aromatic carbocycles. The van der Waals surface area contributed by atoms with E-state index >= 15 is 0 Å². The Morgan fingerprint density at radius 2 is 1.82 bits per heavy atom. The smallest absolute Gasteiger partial charge is 0.302 e. The summed E-state index contributed by atoms with van der Waals surface area (Å²) in [5.74, 6) is -1.18. The molecule has 0 atom stereocenters. The van der Waals surface area contributed by atoms with E-state index in [-0.39, 0.29) is 28.1 Å². The number of nitrogens with zero attached hydrogens (tertiary/aromatic N) is 4. The number of rotatable bonds is 5. The van der Waals surface area contributed by atoms with Gasteiger partial charge in [0.15, 0.2) is 0 Å². The number of aromatic amines is 1. The van der Waals surface area contributed by atoms with Crippen LogP contribution in [0.25, 0.3) is 10.9 Å². The molecular formula is C16H10N6O6. The minimum absolute atomic E-state index is 0.0363. The van der Waals surface area contributed by atoms with Gasteiger partial charge in [-0.05, 0) is 6.07 Å². The fourth-order valence-corrected chi connectivity index (χ4v) is 2.28. The van der Waals surface area contributed by atoms with Crippen LogP contribution in [0.3, 0.4) is 0 Å². The van der Waals surface area contributed by atoms with E-state index in [9.17, 15) is 29.8 Å². The maximum absolute atomic E-state index is 12.1. The molecule has 0 bridgehead atoms. The van der Waals surface area contributed by atoms with Crippen molar-refractivity contribution in [2.24, 2.45) is 5.10 Å². The number of carbonyl (C=O) groups is 1. The summed E-state index contributed by atoms with van der Waals surface area (Å²) in [5.41, 5.74) is 1.48. The molecule has 3 aromatic rings. The Kier molecular flexibility index (Phi) is 4.85. The van der Waals surface area contributed by atoms with Gasteiger partial charge in [-0.1, -0.05) is 12.1 Å². The standard InChI is InChI=1S/C16H10N6O6/c23-15-12-7-11(22(27)28)4-5-13(12)18-14(19-15)16(24)20-17-8-9-2-1-3-10(6-9)21(25)26/h1-8H,(H,20,24)(H,18,19,23)/b17-8+. The third-order valence-corrected chi connectivity index (χ3v) is 3.58. The molecule has 1 amide bonds. The van der Waals surface area contributed by atoms with Gasteiger partial charge in [0, 0.05) is 29.8 Å². The molecule has 0 spiro atoms. The lowest BCUT2D eigenvalue weighted by Gasteiger charge is -2.02. The van der Waals surface area contributed by atoms with E-state index < -0.39 is 21.3 Å². The van der Waals surface area contributed by atoms with Crippen molar-refractivity contribution in [2.45, 2.75) is 0 Å². The van der Waals surface area contributed by atoms with Crippen LogP contribution >= 0.6 is 0 Å². The Hall–Kier alpha value is -4.48. The van der Waals surface area contributed by atoms with Gasteiger partial charge in [-0.25, -0.2) is 10.4 Å². The molecule has 1 heterocycles. The van der Waals surface area contributed by atoms with E-state index in [1.54, 1.807) is 6.07 Å². The van der Waals surface area contributed by atoms with Crippen molar-refractivity contribution in [3.8, 4) is 0 Å². The maximum atomic E-state index is 12.1. The fourth-order valence-electron chi connectivity index (χ4n) is 2.28. The first-order chi connectivity index (χ1) is 13.3. The molecule has 0 radical (unpaired) electrons. The number of H-pyrrole nitrogens is 1. The Balaban J connectivity index is 1.81. The molecule has 0 aliphatic rings. The zero-order valence-electron chi connectivity index (χ0n) is 13.9. The van der Waals surface area contributed by atoms with E-state index in [0.29, 0.717) is 5.56 Å². The van der Waals surface area contributed by atoms with Crippen LogP contribution in [-0.2, 0) is 0 Å². The molecule has 28 heavy (non-hydrogen) atoms. The van der Waals surface area contributed by atoms with Crippen molar-refractivity contribution in [2.75, 3.05) is 0 Å². The first-order valence-electron chi connectivity index (χ1n) is 7.61. The summed E-state index contributed by atoms with van der Waals surface area (Å²) in [6, 6.07) is 9.06. The summed E-state index contributed by atoms with van der Waals surface area (Å²) in [6.07, 6.45) is 1.19. The SMILES string of the molecule is O=C(N/N=C/c1cccc([N+](=O)[O-])c1)c1nc2ccc([N+](=O)[O-])cc2c(=O)[nH]1. The number of non-ortho nitro benzene ring substituents is 2. The summed E-state index contributed by atoms with van der Waals surface area (Å²) >= 11 is 0. The van der Waals surface area contributed by atoms with E-state index in [0.717, 1.165) is 12.1 Å². The van der Waals surface area contributed by atoms with Gasteiger partial charge in [0.05, 0.1) is 27.0 Å². The van der Waals surface area contributed by atoms with Crippen LogP contribution < -0.4 is 11.0 Å². The first-order valence-corrected chi connectivity index (χ1v) is 7.61. The highest BCUT2D eigenvalue weighted by Gasteiger charge is 2.14.